The molecule has 0 aromatic carbocycles. The van der Waals surface area contributed by atoms with Crippen molar-refractivity contribution in [2.45, 2.75) is 25.8 Å². The van der Waals surface area contributed by atoms with Crippen molar-refractivity contribution >= 4 is 11.7 Å². The summed E-state index contributed by atoms with van der Waals surface area (Å²) < 4.78 is 1.69. The molecule has 0 bridgehead atoms. The predicted octanol–water partition coefficient (Wildman–Crippen LogP) is 0.462. The third-order valence-corrected chi connectivity index (χ3v) is 4.75. The van der Waals surface area contributed by atoms with Gasteiger partial charge in [-0.15, -0.1) is 0 Å². The summed E-state index contributed by atoms with van der Waals surface area (Å²) in [6.07, 6.45) is 11.1. The molecule has 4 heterocycles. The normalized spacial score (nSPS) is 16.8. The van der Waals surface area contributed by atoms with E-state index in [2.05, 4.69) is 37.1 Å². The van der Waals surface area contributed by atoms with Crippen LogP contribution in [0.4, 0.5) is 5.82 Å². The van der Waals surface area contributed by atoms with E-state index >= 15 is 0 Å². The number of hydrogen-bond donors (Lipinski definition) is 0. The Labute approximate surface area is 146 Å². The van der Waals surface area contributed by atoms with Crippen molar-refractivity contribution in [2.24, 2.45) is 0 Å². The van der Waals surface area contributed by atoms with E-state index in [1.807, 2.05) is 4.90 Å². The number of carbonyl (C=O) groups is 1. The summed E-state index contributed by atoms with van der Waals surface area (Å²) in [4.78, 5) is 29.6. The molecule has 2 aliphatic heterocycles. The Morgan fingerprint density at radius 3 is 2.72 bits per heavy atom. The minimum Gasteiger partial charge on any atom is -0.349 e. The number of anilines is 1. The average Bonchev–Trinajstić information content (AvgIpc) is 3.30. The highest BCUT2D eigenvalue weighted by Crippen LogP contribution is 2.25. The first-order valence-corrected chi connectivity index (χ1v) is 8.64. The maximum atomic E-state index is 12.5. The Balaban J connectivity index is 1.43. The van der Waals surface area contributed by atoms with Crippen LogP contribution in [0.2, 0.25) is 0 Å². The first kappa shape index (κ1) is 15.7. The molecular weight excluding hydrogens is 318 g/mol. The van der Waals surface area contributed by atoms with Gasteiger partial charge in [-0.2, -0.15) is 5.10 Å². The van der Waals surface area contributed by atoms with Gasteiger partial charge in [0.2, 0.25) is 5.91 Å². The van der Waals surface area contributed by atoms with Gasteiger partial charge in [-0.1, -0.05) is 12.2 Å². The molecule has 0 fully saturated rings. The Kier molecular flexibility index (Phi) is 4.41. The molecule has 8 heteroatoms. The molecule has 0 unspecified atom stereocenters. The van der Waals surface area contributed by atoms with Crippen LogP contribution in [0.3, 0.4) is 0 Å². The zero-order valence-corrected chi connectivity index (χ0v) is 14.1. The highest BCUT2D eigenvalue weighted by Gasteiger charge is 2.23. The average molecular weight is 339 g/mol. The molecule has 0 spiro atoms. The van der Waals surface area contributed by atoms with Gasteiger partial charge in [-0.05, 0) is 6.42 Å². The molecule has 0 saturated heterocycles. The van der Waals surface area contributed by atoms with E-state index in [9.17, 15) is 4.79 Å². The summed E-state index contributed by atoms with van der Waals surface area (Å²) in [6, 6.07) is 0. The summed E-state index contributed by atoms with van der Waals surface area (Å²) in [6.45, 7) is 3.77. The quantitative estimate of drug-likeness (QED) is 0.753. The number of fused-ring (bicyclic) bond motifs is 1. The van der Waals surface area contributed by atoms with Gasteiger partial charge in [0.05, 0.1) is 12.2 Å². The molecular formula is C17H21N7O. The van der Waals surface area contributed by atoms with Crippen molar-refractivity contribution < 1.29 is 4.79 Å². The van der Waals surface area contributed by atoms with Crippen molar-refractivity contribution in [1.82, 2.24) is 29.6 Å². The summed E-state index contributed by atoms with van der Waals surface area (Å²) in [5.41, 5.74) is 2.27. The number of amides is 1. The van der Waals surface area contributed by atoms with E-state index < -0.39 is 0 Å². The van der Waals surface area contributed by atoms with Crippen LogP contribution < -0.4 is 4.90 Å². The van der Waals surface area contributed by atoms with Crippen LogP contribution >= 0.6 is 0 Å². The summed E-state index contributed by atoms with van der Waals surface area (Å²) in [5.74, 6) is 1.17. The summed E-state index contributed by atoms with van der Waals surface area (Å²) >= 11 is 0. The third kappa shape index (κ3) is 3.38. The Hall–Kier alpha value is -2.77. The molecule has 25 heavy (non-hydrogen) atoms. The van der Waals surface area contributed by atoms with Gasteiger partial charge >= 0.3 is 0 Å². The molecule has 2 aliphatic rings. The molecule has 130 valence electrons. The maximum Gasteiger partial charge on any atom is 0.224 e. The second-order valence-electron chi connectivity index (χ2n) is 6.29. The molecule has 0 saturated carbocycles. The molecule has 8 nitrogen and oxygen atoms in total. The predicted molar refractivity (Wildman–Crippen MR) is 92.0 cm³/mol. The van der Waals surface area contributed by atoms with E-state index in [0.717, 1.165) is 37.4 Å². The van der Waals surface area contributed by atoms with Crippen LogP contribution in [0.25, 0.3) is 0 Å². The van der Waals surface area contributed by atoms with E-state index in [4.69, 9.17) is 0 Å². The molecule has 0 N–H and O–H groups in total. The fraction of sp³-hybridized carbons (Fsp3) is 0.471. The first-order valence-electron chi connectivity index (χ1n) is 8.64. The lowest BCUT2D eigenvalue weighted by atomic mass is 10.1. The zero-order valence-electron chi connectivity index (χ0n) is 14.1. The standard InChI is InChI=1S/C17H21N7O/c25-16(5-10-24-13-18-11-21-24)22-8-3-14-15(4-9-22)19-12-20-17(14)23-6-1-2-7-23/h1-2,11-13H,3-10H2. The molecule has 4 rings (SSSR count). The number of aromatic nitrogens is 5. The number of aryl methyl sites for hydroxylation is 1. The molecule has 1 amide bonds. The largest absolute Gasteiger partial charge is 0.349 e. The monoisotopic (exact) mass is 339 g/mol. The van der Waals surface area contributed by atoms with Crippen LogP contribution in [0.15, 0.2) is 31.1 Å². The van der Waals surface area contributed by atoms with Crippen molar-refractivity contribution in [3.8, 4) is 0 Å². The van der Waals surface area contributed by atoms with Gasteiger partial charge in [0, 0.05) is 44.6 Å². The van der Waals surface area contributed by atoms with Gasteiger partial charge in [0.15, 0.2) is 0 Å². The number of nitrogens with zero attached hydrogens (tertiary/aromatic N) is 7. The fourth-order valence-corrected chi connectivity index (χ4v) is 3.40. The van der Waals surface area contributed by atoms with Gasteiger partial charge < -0.3 is 9.80 Å². The van der Waals surface area contributed by atoms with Crippen LogP contribution in [-0.4, -0.2) is 61.7 Å². The first-order chi connectivity index (χ1) is 12.3. The van der Waals surface area contributed by atoms with Gasteiger partial charge in [0.25, 0.3) is 0 Å². The minimum atomic E-state index is 0.153. The lowest BCUT2D eigenvalue weighted by Gasteiger charge is -2.21. The Morgan fingerprint density at radius 1 is 1.08 bits per heavy atom. The van der Waals surface area contributed by atoms with E-state index in [-0.39, 0.29) is 5.91 Å². The van der Waals surface area contributed by atoms with Gasteiger partial charge in [-0.25, -0.2) is 15.0 Å². The fourth-order valence-electron chi connectivity index (χ4n) is 3.40. The molecule has 0 radical (unpaired) electrons. The van der Waals surface area contributed by atoms with Crippen LogP contribution in [-0.2, 0) is 24.2 Å². The van der Waals surface area contributed by atoms with E-state index in [1.54, 1.807) is 17.3 Å². The van der Waals surface area contributed by atoms with Crippen molar-refractivity contribution in [1.29, 1.82) is 0 Å². The van der Waals surface area contributed by atoms with Gasteiger partial charge in [0.1, 0.15) is 24.8 Å². The third-order valence-electron chi connectivity index (χ3n) is 4.75. The highest BCUT2D eigenvalue weighted by molar-refractivity contribution is 5.76. The summed E-state index contributed by atoms with van der Waals surface area (Å²) in [7, 11) is 0. The van der Waals surface area contributed by atoms with Crippen molar-refractivity contribution in [2.75, 3.05) is 31.1 Å². The number of hydrogen-bond acceptors (Lipinski definition) is 6. The SMILES string of the molecule is O=C(CCn1cncn1)N1CCc2ncnc(N3CC=CC3)c2CC1. The minimum absolute atomic E-state index is 0.153. The molecule has 2 aromatic heterocycles. The highest BCUT2D eigenvalue weighted by atomic mass is 16.2. The van der Waals surface area contributed by atoms with Crippen LogP contribution in [0.1, 0.15) is 17.7 Å². The Morgan fingerprint density at radius 2 is 1.92 bits per heavy atom. The maximum absolute atomic E-state index is 12.5. The van der Waals surface area contributed by atoms with Gasteiger partial charge in [-0.3, -0.25) is 9.48 Å². The molecule has 0 aliphatic carbocycles. The second-order valence-corrected chi connectivity index (χ2v) is 6.29. The van der Waals surface area contributed by atoms with Crippen molar-refractivity contribution in [3.63, 3.8) is 0 Å². The Bertz CT molecular complexity index is 763. The second kappa shape index (κ2) is 7.00. The lowest BCUT2D eigenvalue weighted by molar-refractivity contribution is -0.131. The molecule has 0 atom stereocenters. The summed E-state index contributed by atoms with van der Waals surface area (Å²) in [5, 5.41) is 4.05. The number of carbonyl (C=O) groups excluding carboxylic acids is 1. The van der Waals surface area contributed by atoms with E-state index in [0.29, 0.717) is 26.1 Å². The topological polar surface area (TPSA) is 80.0 Å². The van der Waals surface area contributed by atoms with Crippen LogP contribution in [0, 0.1) is 0 Å². The van der Waals surface area contributed by atoms with Crippen molar-refractivity contribution in [3.05, 3.63) is 42.4 Å². The number of rotatable bonds is 4. The smallest absolute Gasteiger partial charge is 0.224 e. The lowest BCUT2D eigenvalue weighted by Crippen LogP contribution is -2.34. The zero-order chi connectivity index (χ0) is 17.1. The molecule has 2 aromatic rings. The van der Waals surface area contributed by atoms with Crippen LogP contribution in [0.5, 0.6) is 0 Å². The van der Waals surface area contributed by atoms with E-state index in [1.165, 1.54) is 11.9 Å².